The number of ether oxygens (including phenoxy) is 1. The molecule has 2 atom stereocenters. The molecule has 2 rings (SSSR count). The average Bonchev–Trinajstić information content (AvgIpc) is 2.67. The first-order chi connectivity index (χ1) is 11.4. The van der Waals surface area contributed by atoms with E-state index in [4.69, 9.17) is 4.74 Å². The lowest BCUT2D eigenvalue weighted by Crippen LogP contribution is -2.48. The lowest BCUT2D eigenvalue weighted by Gasteiger charge is -2.37. The fraction of sp³-hybridized carbons (Fsp3) is 0.500. The maximum atomic E-state index is 13.0. The molecule has 0 saturated heterocycles. The van der Waals surface area contributed by atoms with E-state index in [-0.39, 0.29) is 0 Å². The minimum absolute atomic E-state index is 0.524. The van der Waals surface area contributed by atoms with Gasteiger partial charge in [0.2, 0.25) is 0 Å². The predicted octanol–water partition coefficient (Wildman–Crippen LogP) is 4.43. The fourth-order valence-corrected chi connectivity index (χ4v) is 3.35. The number of carboxylic acid groups (broad SMARTS) is 1. The molecule has 1 amide bonds. The third kappa shape index (κ3) is 3.70. The third-order valence-corrected chi connectivity index (χ3v) is 4.44. The molecule has 5 heteroatoms. The second kappa shape index (κ2) is 6.54. The number of amides is 1. The van der Waals surface area contributed by atoms with Crippen LogP contribution in [0.5, 0.6) is 0 Å². The van der Waals surface area contributed by atoms with Crippen molar-refractivity contribution >= 4 is 12.1 Å². The van der Waals surface area contributed by atoms with E-state index >= 15 is 0 Å². The first-order valence-corrected chi connectivity index (χ1v) is 8.47. The Labute approximate surface area is 149 Å². The molecule has 0 aromatic carbocycles. The lowest BCUT2D eigenvalue weighted by molar-refractivity contribution is -0.142. The topological polar surface area (TPSA) is 66.8 Å². The number of carboxylic acids is 1. The summed E-state index contributed by atoms with van der Waals surface area (Å²) in [5.41, 5.74) is 3.66. The Morgan fingerprint density at radius 3 is 2.28 bits per heavy atom. The van der Waals surface area contributed by atoms with Crippen LogP contribution in [0.25, 0.3) is 0 Å². The van der Waals surface area contributed by atoms with Crippen molar-refractivity contribution in [2.75, 3.05) is 0 Å². The highest BCUT2D eigenvalue weighted by Crippen LogP contribution is 2.39. The standard InChI is InChI=1S/C20H27NO4/c1-11-8-9-15-12(2)10-13(3)16(11)21(17(15)14(4)18(22)23)19(24)25-20(5,6)7/h8-10,14,17H,1-7H3,(H,22,23). The van der Waals surface area contributed by atoms with Crippen molar-refractivity contribution < 1.29 is 19.4 Å². The van der Waals surface area contributed by atoms with Crippen molar-refractivity contribution in [1.82, 2.24) is 4.90 Å². The van der Waals surface area contributed by atoms with E-state index in [9.17, 15) is 14.7 Å². The van der Waals surface area contributed by atoms with Crippen LogP contribution in [0.1, 0.15) is 48.5 Å². The first kappa shape index (κ1) is 19.0. The van der Waals surface area contributed by atoms with Gasteiger partial charge in [-0.05, 0) is 70.8 Å². The number of nitrogens with zero attached hydrogens (tertiary/aromatic N) is 1. The van der Waals surface area contributed by atoms with Crippen LogP contribution in [-0.4, -0.2) is 33.7 Å². The largest absolute Gasteiger partial charge is 0.481 e. The summed E-state index contributed by atoms with van der Waals surface area (Å²) in [6, 6.07) is -0.621. The number of aliphatic carboxylic acids is 1. The van der Waals surface area contributed by atoms with E-state index < -0.39 is 29.6 Å². The third-order valence-electron chi connectivity index (χ3n) is 4.44. The number of hydrogen-bond donors (Lipinski definition) is 1. The van der Waals surface area contributed by atoms with Crippen LogP contribution in [0.4, 0.5) is 4.79 Å². The molecule has 0 spiro atoms. The molecule has 0 fully saturated rings. The van der Waals surface area contributed by atoms with E-state index in [1.54, 1.807) is 27.7 Å². The van der Waals surface area contributed by atoms with Crippen LogP contribution in [-0.2, 0) is 9.53 Å². The van der Waals surface area contributed by atoms with E-state index in [1.165, 1.54) is 4.90 Å². The number of hydrogen-bond acceptors (Lipinski definition) is 3. The fourth-order valence-electron chi connectivity index (χ4n) is 3.35. The molecule has 136 valence electrons. The molecule has 1 N–H and O–H groups in total. The van der Waals surface area contributed by atoms with Gasteiger partial charge in [-0.1, -0.05) is 18.2 Å². The predicted molar refractivity (Wildman–Crippen MR) is 97.0 cm³/mol. The number of allylic oxidation sites excluding steroid dienone is 5. The van der Waals surface area contributed by atoms with Gasteiger partial charge >= 0.3 is 12.1 Å². The van der Waals surface area contributed by atoms with Gasteiger partial charge in [-0.3, -0.25) is 9.69 Å². The summed E-state index contributed by atoms with van der Waals surface area (Å²) >= 11 is 0. The second-order valence-electron chi connectivity index (χ2n) is 7.75. The van der Waals surface area contributed by atoms with Crippen molar-refractivity contribution in [3.63, 3.8) is 0 Å². The van der Waals surface area contributed by atoms with Crippen LogP contribution in [0.3, 0.4) is 0 Å². The van der Waals surface area contributed by atoms with Crippen molar-refractivity contribution in [3.05, 3.63) is 46.2 Å². The van der Waals surface area contributed by atoms with Gasteiger partial charge in [0.15, 0.2) is 0 Å². The summed E-state index contributed by atoms with van der Waals surface area (Å²) in [4.78, 5) is 26.3. The normalized spacial score (nSPS) is 21.8. The number of rotatable bonds is 2. The van der Waals surface area contributed by atoms with Crippen molar-refractivity contribution in [2.45, 2.75) is 60.1 Å². The summed E-state index contributed by atoms with van der Waals surface area (Å²) in [7, 11) is 0. The van der Waals surface area contributed by atoms with Crippen LogP contribution < -0.4 is 0 Å². The minimum atomic E-state index is -0.948. The molecule has 2 aliphatic heterocycles. The molecule has 25 heavy (non-hydrogen) atoms. The van der Waals surface area contributed by atoms with Crippen LogP contribution in [0.15, 0.2) is 46.2 Å². The molecule has 2 aliphatic rings. The number of carbonyl (C=O) groups excluding carboxylic acids is 1. The Hall–Kier alpha value is -2.30. The summed E-state index contributed by atoms with van der Waals surface area (Å²) in [6.45, 7) is 12.8. The van der Waals surface area contributed by atoms with Crippen molar-refractivity contribution in [3.8, 4) is 0 Å². The average molecular weight is 345 g/mol. The molecule has 2 unspecified atom stereocenters. The quantitative estimate of drug-likeness (QED) is 0.804. The summed E-state index contributed by atoms with van der Waals surface area (Å²) in [5, 5.41) is 9.64. The molecule has 0 aromatic rings. The van der Waals surface area contributed by atoms with Gasteiger partial charge in [0.1, 0.15) is 5.60 Å². The van der Waals surface area contributed by atoms with Gasteiger partial charge < -0.3 is 9.84 Å². The molecule has 0 aliphatic carbocycles. The molecule has 2 heterocycles. The van der Waals surface area contributed by atoms with Crippen molar-refractivity contribution in [1.29, 1.82) is 0 Å². The Balaban J connectivity index is 2.69. The maximum Gasteiger partial charge on any atom is 0.415 e. The zero-order valence-corrected chi connectivity index (χ0v) is 16.0. The highest BCUT2D eigenvalue weighted by Gasteiger charge is 2.42. The first-order valence-electron chi connectivity index (χ1n) is 8.47. The van der Waals surface area contributed by atoms with Crippen LogP contribution in [0.2, 0.25) is 0 Å². The molecule has 0 radical (unpaired) electrons. The summed E-state index contributed by atoms with van der Waals surface area (Å²) in [5.74, 6) is -1.72. The number of fused-ring (bicyclic) bond motifs is 3. The molecular weight excluding hydrogens is 318 g/mol. The molecule has 0 aromatic heterocycles. The second-order valence-corrected chi connectivity index (χ2v) is 7.75. The minimum Gasteiger partial charge on any atom is -0.481 e. The molecule has 0 saturated carbocycles. The Morgan fingerprint density at radius 2 is 1.76 bits per heavy atom. The summed E-state index contributed by atoms with van der Waals surface area (Å²) < 4.78 is 5.62. The van der Waals surface area contributed by atoms with Gasteiger partial charge in [0, 0.05) is 0 Å². The smallest absolute Gasteiger partial charge is 0.415 e. The molecule has 5 nitrogen and oxygen atoms in total. The van der Waals surface area contributed by atoms with Crippen molar-refractivity contribution in [2.24, 2.45) is 5.92 Å². The van der Waals surface area contributed by atoms with Crippen LogP contribution in [0, 0.1) is 5.92 Å². The van der Waals surface area contributed by atoms with Gasteiger partial charge in [0.25, 0.3) is 0 Å². The highest BCUT2D eigenvalue weighted by atomic mass is 16.6. The zero-order valence-electron chi connectivity index (χ0n) is 16.0. The zero-order chi connectivity index (χ0) is 19.1. The maximum absolute atomic E-state index is 13.0. The Morgan fingerprint density at radius 1 is 1.16 bits per heavy atom. The van der Waals surface area contributed by atoms with E-state index in [0.29, 0.717) is 0 Å². The monoisotopic (exact) mass is 345 g/mol. The summed E-state index contributed by atoms with van der Waals surface area (Å²) in [6.07, 6.45) is 5.34. The van der Waals surface area contributed by atoms with Gasteiger partial charge in [0.05, 0.1) is 17.7 Å². The van der Waals surface area contributed by atoms with E-state index in [0.717, 1.165) is 28.0 Å². The molecule has 2 bridgehead atoms. The van der Waals surface area contributed by atoms with Crippen LogP contribution >= 0.6 is 0 Å². The SMILES string of the molecule is CC1=CC(C)=C2C(C)=CC=C1C(C(C)C(=O)O)N2C(=O)OC(C)(C)C. The molecular formula is C20H27NO4. The Bertz CT molecular complexity index is 731. The van der Waals surface area contributed by atoms with Gasteiger partial charge in [-0.15, -0.1) is 0 Å². The van der Waals surface area contributed by atoms with Gasteiger partial charge in [-0.25, -0.2) is 4.79 Å². The number of carbonyl (C=O) groups is 2. The van der Waals surface area contributed by atoms with E-state index in [1.807, 2.05) is 39.0 Å². The van der Waals surface area contributed by atoms with Gasteiger partial charge in [-0.2, -0.15) is 0 Å². The lowest BCUT2D eigenvalue weighted by atomic mass is 9.89. The Kier molecular flexibility index (Phi) is 4.98. The van der Waals surface area contributed by atoms with E-state index in [2.05, 4.69) is 0 Å². The highest BCUT2D eigenvalue weighted by molar-refractivity contribution is 5.79.